The second-order valence-corrected chi connectivity index (χ2v) is 6.08. The molecule has 2 aliphatic heterocycles. The summed E-state index contributed by atoms with van der Waals surface area (Å²) in [7, 11) is 3.78. The summed E-state index contributed by atoms with van der Waals surface area (Å²) in [4.78, 5) is 35.7. The molecule has 8 heteroatoms. The molecular weight excluding hydrogens is 298 g/mol. The fourth-order valence-corrected chi connectivity index (χ4v) is 2.83. The Labute approximate surface area is 134 Å². The highest BCUT2D eigenvalue weighted by atomic mass is 16.5. The molecular formula is C15H21N5O3. The second-order valence-electron chi connectivity index (χ2n) is 6.08. The lowest BCUT2D eigenvalue weighted by molar-refractivity contribution is -0.133. The van der Waals surface area contributed by atoms with Crippen molar-refractivity contribution in [2.75, 3.05) is 32.1 Å². The Morgan fingerprint density at radius 1 is 1.39 bits per heavy atom. The van der Waals surface area contributed by atoms with Gasteiger partial charge in [-0.2, -0.15) is 4.98 Å². The summed E-state index contributed by atoms with van der Waals surface area (Å²) in [5.41, 5.74) is 0. The van der Waals surface area contributed by atoms with Crippen LogP contribution in [-0.4, -0.2) is 66.0 Å². The van der Waals surface area contributed by atoms with Gasteiger partial charge in [-0.15, -0.1) is 0 Å². The van der Waals surface area contributed by atoms with Crippen molar-refractivity contribution in [2.24, 2.45) is 0 Å². The Hall–Kier alpha value is -2.38. The molecule has 0 aliphatic carbocycles. The number of carbonyl (C=O) groups excluding carboxylic acids is 2. The Morgan fingerprint density at radius 2 is 2.22 bits per heavy atom. The van der Waals surface area contributed by atoms with E-state index in [0.717, 1.165) is 12.2 Å². The first-order chi connectivity index (χ1) is 11.0. The van der Waals surface area contributed by atoms with Gasteiger partial charge in [0.2, 0.25) is 17.7 Å². The largest absolute Gasteiger partial charge is 0.471 e. The van der Waals surface area contributed by atoms with E-state index in [2.05, 4.69) is 15.3 Å². The van der Waals surface area contributed by atoms with E-state index in [1.165, 1.54) is 0 Å². The SMILES string of the molecule is CN(C)c1cncc(O[C@@H]2CCN(C(=O)[C@H]3CCC(=O)N3)C2)n1. The Morgan fingerprint density at radius 3 is 2.91 bits per heavy atom. The van der Waals surface area contributed by atoms with Crippen molar-refractivity contribution in [1.82, 2.24) is 20.2 Å². The molecule has 0 unspecified atom stereocenters. The van der Waals surface area contributed by atoms with Crippen molar-refractivity contribution in [3.05, 3.63) is 12.4 Å². The third-order valence-corrected chi connectivity index (χ3v) is 4.10. The summed E-state index contributed by atoms with van der Waals surface area (Å²) in [6.07, 6.45) is 4.91. The van der Waals surface area contributed by atoms with E-state index in [1.54, 1.807) is 17.3 Å². The molecule has 2 atom stereocenters. The van der Waals surface area contributed by atoms with Gasteiger partial charge in [0.25, 0.3) is 0 Å². The summed E-state index contributed by atoms with van der Waals surface area (Å²) >= 11 is 0. The summed E-state index contributed by atoms with van der Waals surface area (Å²) in [5.74, 6) is 1.12. The maximum Gasteiger partial charge on any atom is 0.245 e. The number of aromatic nitrogens is 2. The molecule has 2 fully saturated rings. The third-order valence-electron chi connectivity index (χ3n) is 4.10. The molecule has 3 heterocycles. The molecule has 2 aliphatic rings. The lowest BCUT2D eigenvalue weighted by Crippen LogP contribution is -2.44. The van der Waals surface area contributed by atoms with Gasteiger partial charge in [-0.25, -0.2) is 0 Å². The highest BCUT2D eigenvalue weighted by molar-refractivity contribution is 5.90. The number of anilines is 1. The van der Waals surface area contributed by atoms with E-state index in [0.29, 0.717) is 31.8 Å². The summed E-state index contributed by atoms with van der Waals surface area (Å²) < 4.78 is 5.85. The van der Waals surface area contributed by atoms with Gasteiger partial charge in [-0.1, -0.05) is 0 Å². The summed E-state index contributed by atoms with van der Waals surface area (Å²) in [6.45, 7) is 1.15. The molecule has 0 saturated carbocycles. The average Bonchev–Trinajstić information content (AvgIpc) is 3.16. The van der Waals surface area contributed by atoms with E-state index in [1.807, 2.05) is 19.0 Å². The number of nitrogens with one attached hydrogen (secondary N) is 1. The second kappa shape index (κ2) is 6.39. The fourth-order valence-electron chi connectivity index (χ4n) is 2.83. The first kappa shape index (κ1) is 15.5. The molecule has 0 aromatic carbocycles. The van der Waals surface area contributed by atoms with Gasteiger partial charge < -0.3 is 19.9 Å². The number of nitrogens with zero attached hydrogens (tertiary/aromatic N) is 4. The molecule has 3 rings (SSSR count). The maximum absolute atomic E-state index is 12.4. The molecule has 0 radical (unpaired) electrons. The van der Waals surface area contributed by atoms with Gasteiger partial charge in [-0.05, 0) is 6.42 Å². The quantitative estimate of drug-likeness (QED) is 0.827. The van der Waals surface area contributed by atoms with E-state index in [9.17, 15) is 9.59 Å². The van der Waals surface area contributed by atoms with Crippen LogP contribution in [0.4, 0.5) is 5.82 Å². The zero-order valence-corrected chi connectivity index (χ0v) is 13.4. The van der Waals surface area contributed by atoms with Crippen LogP contribution in [0.25, 0.3) is 0 Å². The van der Waals surface area contributed by atoms with Crippen LogP contribution in [0.2, 0.25) is 0 Å². The molecule has 124 valence electrons. The van der Waals surface area contributed by atoms with Gasteiger partial charge in [-0.3, -0.25) is 14.6 Å². The number of hydrogen-bond donors (Lipinski definition) is 1. The minimum Gasteiger partial charge on any atom is -0.471 e. The van der Waals surface area contributed by atoms with Crippen LogP contribution in [0.3, 0.4) is 0 Å². The number of rotatable bonds is 4. The van der Waals surface area contributed by atoms with Crippen LogP contribution in [0.15, 0.2) is 12.4 Å². The van der Waals surface area contributed by atoms with Gasteiger partial charge >= 0.3 is 0 Å². The molecule has 8 nitrogen and oxygen atoms in total. The van der Waals surface area contributed by atoms with Crippen molar-refractivity contribution < 1.29 is 14.3 Å². The predicted molar refractivity (Wildman–Crippen MR) is 83.1 cm³/mol. The summed E-state index contributed by atoms with van der Waals surface area (Å²) in [5, 5.41) is 2.72. The van der Waals surface area contributed by atoms with Gasteiger partial charge in [0.15, 0.2) is 5.82 Å². The summed E-state index contributed by atoms with van der Waals surface area (Å²) in [6, 6.07) is -0.377. The van der Waals surface area contributed by atoms with Crippen molar-refractivity contribution in [1.29, 1.82) is 0 Å². The first-order valence-corrected chi connectivity index (χ1v) is 7.77. The Balaban J connectivity index is 1.56. The Kier molecular flexibility index (Phi) is 4.31. The normalized spacial score (nSPS) is 23.7. The molecule has 0 bridgehead atoms. The zero-order valence-electron chi connectivity index (χ0n) is 13.4. The van der Waals surface area contributed by atoms with Crippen molar-refractivity contribution in [2.45, 2.75) is 31.4 Å². The highest BCUT2D eigenvalue weighted by Gasteiger charge is 2.35. The molecule has 2 amide bonds. The van der Waals surface area contributed by atoms with E-state index in [4.69, 9.17) is 4.74 Å². The molecule has 1 aromatic rings. The smallest absolute Gasteiger partial charge is 0.245 e. The van der Waals surface area contributed by atoms with Crippen LogP contribution < -0.4 is 15.0 Å². The fraction of sp³-hybridized carbons (Fsp3) is 0.600. The number of amides is 2. The van der Waals surface area contributed by atoms with Gasteiger partial charge in [0.05, 0.1) is 18.9 Å². The molecule has 23 heavy (non-hydrogen) atoms. The number of carbonyl (C=O) groups is 2. The number of hydrogen-bond acceptors (Lipinski definition) is 6. The van der Waals surface area contributed by atoms with Crippen LogP contribution in [0.1, 0.15) is 19.3 Å². The number of ether oxygens (including phenoxy) is 1. The maximum atomic E-state index is 12.4. The van der Waals surface area contributed by atoms with Crippen LogP contribution in [-0.2, 0) is 9.59 Å². The van der Waals surface area contributed by atoms with Crippen LogP contribution >= 0.6 is 0 Å². The van der Waals surface area contributed by atoms with Crippen LogP contribution in [0, 0.1) is 0 Å². The standard InChI is InChI=1S/C15H21N5O3/c1-19(2)12-7-16-8-14(18-12)23-10-5-6-20(9-10)15(22)11-3-4-13(21)17-11/h7-8,10-11H,3-6,9H2,1-2H3,(H,17,21)/t10-,11-/m1/s1. The Bertz CT molecular complexity index is 607. The monoisotopic (exact) mass is 319 g/mol. The lowest BCUT2D eigenvalue weighted by atomic mass is 10.2. The third kappa shape index (κ3) is 3.52. The molecule has 2 saturated heterocycles. The van der Waals surface area contributed by atoms with E-state index < -0.39 is 0 Å². The minimum atomic E-state index is -0.377. The molecule has 1 aromatic heterocycles. The van der Waals surface area contributed by atoms with E-state index in [-0.39, 0.29) is 24.0 Å². The first-order valence-electron chi connectivity index (χ1n) is 7.77. The van der Waals surface area contributed by atoms with E-state index >= 15 is 0 Å². The average molecular weight is 319 g/mol. The molecule has 1 N–H and O–H groups in total. The lowest BCUT2D eigenvalue weighted by Gasteiger charge is -2.20. The number of likely N-dealkylation sites (tertiary alicyclic amines) is 1. The van der Waals surface area contributed by atoms with Crippen molar-refractivity contribution >= 4 is 17.6 Å². The highest BCUT2D eigenvalue weighted by Crippen LogP contribution is 2.20. The van der Waals surface area contributed by atoms with Crippen molar-refractivity contribution in [3.63, 3.8) is 0 Å². The van der Waals surface area contributed by atoms with Gasteiger partial charge in [0, 0.05) is 33.5 Å². The van der Waals surface area contributed by atoms with Crippen LogP contribution in [0.5, 0.6) is 5.88 Å². The van der Waals surface area contributed by atoms with Gasteiger partial charge in [0.1, 0.15) is 12.1 Å². The topological polar surface area (TPSA) is 87.7 Å². The zero-order chi connectivity index (χ0) is 16.4. The van der Waals surface area contributed by atoms with Crippen molar-refractivity contribution in [3.8, 4) is 5.88 Å². The minimum absolute atomic E-state index is 0.0184. The predicted octanol–water partition coefficient (Wildman–Crippen LogP) is -0.199. The molecule has 0 spiro atoms.